The number of halogens is 2. The highest BCUT2D eigenvalue weighted by molar-refractivity contribution is 6.22. The third-order valence-electron chi connectivity index (χ3n) is 3.90. The Kier molecular flexibility index (Phi) is 5.55. The lowest BCUT2D eigenvalue weighted by molar-refractivity contribution is 0.413. The molecule has 0 spiro atoms. The molecule has 0 unspecified atom stereocenters. The van der Waals surface area contributed by atoms with E-state index < -0.39 is 0 Å². The third kappa shape index (κ3) is 3.53. The fourth-order valence-electron chi connectivity index (χ4n) is 2.71. The number of alkyl halides is 2. The second kappa shape index (κ2) is 7.20. The Labute approximate surface area is 136 Å². The van der Waals surface area contributed by atoms with Crippen LogP contribution in [0.5, 0.6) is 5.75 Å². The summed E-state index contributed by atoms with van der Waals surface area (Å²) in [6, 6.07) is 16.4. The number of hydrogen-bond acceptors (Lipinski definition) is 1. The fourth-order valence-corrected chi connectivity index (χ4v) is 3.47. The Morgan fingerprint density at radius 2 is 1.71 bits per heavy atom. The van der Waals surface area contributed by atoms with Crippen LogP contribution < -0.4 is 4.74 Å². The van der Waals surface area contributed by atoms with Crippen molar-refractivity contribution >= 4 is 23.2 Å². The zero-order chi connectivity index (χ0) is 15.3. The van der Waals surface area contributed by atoms with Crippen molar-refractivity contribution in [3.8, 4) is 5.75 Å². The van der Waals surface area contributed by atoms with Gasteiger partial charge in [-0.3, -0.25) is 0 Å². The summed E-state index contributed by atoms with van der Waals surface area (Å²) in [5, 5.41) is 0. The van der Waals surface area contributed by atoms with Crippen molar-refractivity contribution in [3.63, 3.8) is 0 Å². The minimum absolute atomic E-state index is 0.263. The van der Waals surface area contributed by atoms with Crippen LogP contribution in [0.1, 0.15) is 16.7 Å². The van der Waals surface area contributed by atoms with Gasteiger partial charge in [-0.15, -0.1) is 23.2 Å². The van der Waals surface area contributed by atoms with Crippen LogP contribution in [0.25, 0.3) is 0 Å². The van der Waals surface area contributed by atoms with E-state index in [1.807, 2.05) is 30.3 Å². The minimum atomic E-state index is -0.263. The molecule has 0 fully saturated rings. The molecule has 0 aliphatic rings. The van der Waals surface area contributed by atoms with E-state index in [9.17, 15) is 0 Å². The maximum Gasteiger partial charge on any atom is 0.119 e. The predicted molar refractivity (Wildman–Crippen MR) is 91.0 cm³/mol. The summed E-state index contributed by atoms with van der Waals surface area (Å²) in [6.07, 6.45) is 0.794. The second-order valence-corrected chi connectivity index (χ2v) is 5.93. The van der Waals surface area contributed by atoms with Crippen molar-refractivity contribution in [1.82, 2.24) is 0 Å². The van der Waals surface area contributed by atoms with Crippen LogP contribution in [0.2, 0.25) is 0 Å². The first kappa shape index (κ1) is 16.2. The van der Waals surface area contributed by atoms with Crippen LogP contribution in [0.4, 0.5) is 0 Å². The van der Waals surface area contributed by atoms with Crippen LogP contribution in [-0.4, -0.2) is 18.9 Å². The minimum Gasteiger partial charge on any atom is -0.497 e. The van der Waals surface area contributed by atoms with Gasteiger partial charge in [-0.2, -0.15) is 0 Å². The Balaban J connectivity index is 2.40. The molecule has 0 saturated carbocycles. The number of rotatable bonds is 6. The van der Waals surface area contributed by atoms with Crippen LogP contribution in [0, 0.1) is 6.92 Å². The predicted octanol–water partition coefficient (Wildman–Crippen LogP) is 4.96. The molecule has 2 aromatic carbocycles. The molecule has 0 N–H and O–H groups in total. The Bertz CT molecular complexity index is 591. The summed E-state index contributed by atoms with van der Waals surface area (Å²) in [6.45, 7) is 2.11. The molecule has 0 aliphatic carbocycles. The van der Waals surface area contributed by atoms with Gasteiger partial charge < -0.3 is 4.74 Å². The maximum absolute atomic E-state index is 6.34. The summed E-state index contributed by atoms with van der Waals surface area (Å²) < 4.78 is 5.30. The highest BCUT2D eigenvalue weighted by Gasteiger charge is 2.32. The van der Waals surface area contributed by atoms with Crippen molar-refractivity contribution in [1.29, 1.82) is 0 Å². The molecule has 3 heteroatoms. The van der Waals surface area contributed by atoms with E-state index >= 15 is 0 Å². The molecule has 112 valence electrons. The normalized spacial score (nSPS) is 11.4. The highest BCUT2D eigenvalue weighted by Crippen LogP contribution is 2.34. The van der Waals surface area contributed by atoms with E-state index in [0.29, 0.717) is 11.8 Å². The first-order valence-electron chi connectivity index (χ1n) is 6.96. The zero-order valence-corrected chi connectivity index (χ0v) is 13.9. The molecule has 0 aliphatic heterocycles. The number of benzene rings is 2. The standard InChI is InChI=1S/C18H20Cl2O/c1-14-6-3-4-9-17(14)18(12-19,13-20)11-15-7-5-8-16(10-15)21-2/h3-10H,11-13H2,1-2H3. The lowest BCUT2D eigenvalue weighted by atomic mass is 9.77. The molecule has 0 aromatic heterocycles. The van der Waals surface area contributed by atoms with Gasteiger partial charge in [-0.1, -0.05) is 36.4 Å². The van der Waals surface area contributed by atoms with Gasteiger partial charge in [0.25, 0.3) is 0 Å². The van der Waals surface area contributed by atoms with Gasteiger partial charge in [-0.25, -0.2) is 0 Å². The van der Waals surface area contributed by atoms with Crippen molar-refractivity contribution in [2.45, 2.75) is 18.8 Å². The van der Waals surface area contributed by atoms with E-state index in [2.05, 4.69) is 25.1 Å². The maximum atomic E-state index is 6.34. The van der Waals surface area contributed by atoms with Crippen LogP contribution in [0.3, 0.4) is 0 Å². The Hall–Kier alpha value is -1.18. The highest BCUT2D eigenvalue weighted by atomic mass is 35.5. The van der Waals surface area contributed by atoms with Crippen molar-refractivity contribution < 1.29 is 4.74 Å². The SMILES string of the molecule is COc1cccc(CC(CCl)(CCl)c2ccccc2C)c1. The average Bonchev–Trinajstić information content (AvgIpc) is 2.53. The summed E-state index contributed by atoms with van der Waals surface area (Å²) in [5.74, 6) is 1.83. The summed E-state index contributed by atoms with van der Waals surface area (Å²) in [5.41, 5.74) is 3.36. The molecule has 2 rings (SSSR count). The molecule has 21 heavy (non-hydrogen) atoms. The molecule has 0 saturated heterocycles. The van der Waals surface area contributed by atoms with Crippen molar-refractivity contribution in [2.24, 2.45) is 0 Å². The molecule has 0 amide bonds. The van der Waals surface area contributed by atoms with E-state index in [0.717, 1.165) is 12.2 Å². The molecule has 0 bridgehead atoms. The molecule has 1 nitrogen and oxygen atoms in total. The third-order valence-corrected chi connectivity index (χ3v) is 4.93. The summed E-state index contributed by atoms with van der Waals surface area (Å²) in [7, 11) is 1.68. The lowest BCUT2D eigenvalue weighted by Crippen LogP contribution is -2.34. The van der Waals surface area contributed by atoms with Crippen molar-refractivity contribution in [3.05, 3.63) is 65.2 Å². The van der Waals surface area contributed by atoms with E-state index in [1.54, 1.807) is 7.11 Å². The second-order valence-electron chi connectivity index (χ2n) is 5.39. The monoisotopic (exact) mass is 322 g/mol. The molecule has 0 radical (unpaired) electrons. The van der Waals surface area contributed by atoms with Gasteiger partial charge in [0.1, 0.15) is 5.75 Å². The fraction of sp³-hybridized carbons (Fsp3) is 0.333. The van der Waals surface area contributed by atoms with Gasteiger partial charge in [0.2, 0.25) is 0 Å². The van der Waals surface area contributed by atoms with Gasteiger partial charge in [0.05, 0.1) is 7.11 Å². The molecular formula is C18H20Cl2O. The first-order valence-corrected chi connectivity index (χ1v) is 8.03. The molecule has 0 atom stereocenters. The van der Waals surface area contributed by atoms with Gasteiger partial charge in [0.15, 0.2) is 0 Å². The molecule has 0 heterocycles. The van der Waals surface area contributed by atoms with Crippen LogP contribution in [0.15, 0.2) is 48.5 Å². The molecular weight excluding hydrogens is 303 g/mol. The Morgan fingerprint density at radius 1 is 1.00 bits per heavy atom. The van der Waals surface area contributed by atoms with E-state index in [1.165, 1.54) is 16.7 Å². The summed E-state index contributed by atoms with van der Waals surface area (Å²) >= 11 is 12.7. The average molecular weight is 323 g/mol. The van der Waals surface area contributed by atoms with Crippen molar-refractivity contribution in [2.75, 3.05) is 18.9 Å². The largest absolute Gasteiger partial charge is 0.497 e. The van der Waals surface area contributed by atoms with Crippen LogP contribution >= 0.6 is 23.2 Å². The van der Waals surface area contributed by atoms with E-state index in [-0.39, 0.29) is 5.41 Å². The topological polar surface area (TPSA) is 9.23 Å². The first-order chi connectivity index (χ1) is 10.1. The van der Waals surface area contributed by atoms with E-state index in [4.69, 9.17) is 27.9 Å². The summed E-state index contributed by atoms with van der Waals surface area (Å²) in [4.78, 5) is 0. The zero-order valence-electron chi connectivity index (χ0n) is 12.4. The van der Waals surface area contributed by atoms with Gasteiger partial charge in [0, 0.05) is 17.2 Å². The number of ether oxygens (including phenoxy) is 1. The smallest absolute Gasteiger partial charge is 0.119 e. The number of aryl methyl sites for hydroxylation is 1. The number of methoxy groups -OCH3 is 1. The number of hydrogen-bond donors (Lipinski definition) is 0. The molecule has 2 aromatic rings. The van der Waals surface area contributed by atoms with Crippen LogP contribution in [-0.2, 0) is 11.8 Å². The van der Waals surface area contributed by atoms with Gasteiger partial charge in [-0.05, 0) is 42.2 Å². The lowest BCUT2D eigenvalue weighted by Gasteiger charge is -2.32. The Morgan fingerprint density at radius 3 is 2.33 bits per heavy atom. The quantitative estimate of drug-likeness (QED) is 0.683. The van der Waals surface area contributed by atoms with Gasteiger partial charge >= 0.3 is 0 Å².